The van der Waals surface area contributed by atoms with Gasteiger partial charge in [-0.05, 0) is 60.7 Å². The quantitative estimate of drug-likeness (QED) is 0.396. The van der Waals surface area contributed by atoms with Crippen LogP contribution in [0.1, 0.15) is 55.7 Å². The summed E-state index contributed by atoms with van der Waals surface area (Å²) in [6, 6.07) is 11.5. The van der Waals surface area contributed by atoms with Crippen LogP contribution in [-0.2, 0) is 0 Å². The van der Waals surface area contributed by atoms with Gasteiger partial charge in [-0.25, -0.2) is 0 Å². The fraction of sp³-hybridized carbons (Fsp3) is 0.360. The molecule has 3 aromatic rings. The van der Waals surface area contributed by atoms with Gasteiger partial charge in [0.2, 0.25) is 5.88 Å². The van der Waals surface area contributed by atoms with Gasteiger partial charge in [0.1, 0.15) is 5.75 Å². The van der Waals surface area contributed by atoms with Gasteiger partial charge < -0.3 is 15.4 Å². The van der Waals surface area contributed by atoms with E-state index in [1.165, 1.54) is 4.68 Å². The number of ether oxygens (including phenoxy) is 1. The number of carbonyl (C=O) groups excluding carboxylic acids is 1. The number of amides is 1. The Balaban J connectivity index is 1.96. The summed E-state index contributed by atoms with van der Waals surface area (Å²) >= 11 is 18.8. The molecule has 0 spiro atoms. The molecule has 1 aliphatic heterocycles. The van der Waals surface area contributed by atoms with Crippen LogP contribution in [0.5, 0.6) is 11.6 Å². The van der Waals surface area contributed by atoms with Crippen molar-refractivity contribution in [1.29, 1.82) is 0 Å². The highest BCUT2D eigenvalue weighted by Gasteiger charge is 2.37. The molecular formula is C25H27Cl3N4O2. The van der Waals surface area contributed by atoms with E-state index in [0.717, 1.165) is 12.8 Å². The largest absolute Gasteiger partial charge is 0.439 e. The Morgan fingerprint density at radius 3 is 2.24 bits per heavy atom. The average molecular weight is 522 g/mol. The molecule has 2 heterocycles. The highest BCUT2D eigenvalue weighted by atomic mass is 35.5. The second-order valence-electron chi connectivity index (χ2n) is 9.47. The second-order valence-corrected chi connectivity index (χ2v) is 10.8. The molecule has 34 heavy (non-hydrogen) atoms. The van der Waals surface area contributed by atoms with Gasteiger partial charge in [-0.3, -0.25) is 4.79 Å². The van der Waals surface area contributed by atoms with E-state index in [4.69, 9.17) is 50.4 Å². The van der Waals surface area contributed by atoms with E-state index >= 15 is 0 Å². The monoisotopic (exact) mass is 520 g/mol. The summed E-state index contributed by atoms with van der Waals surface area (Å²) in [5.74, 6) is 0.687. The number of likely N-dealkylation sites (tertiary alicyclic amines) is 1. The van der Waals surface area contributed by atoms with Crippen molar-refractivity contribution in [3.05, 3.63) is 68.8 Å². The molecule has 1 unspecified atom stereocenters. The molecule has 9 heteroatoms. The maximum Gasteiger partial charge on any atom is 0.274 e. The lowest BCUT2D eigenvalue weighted by Gasteiger charge is -2.28. The molecule has 2 aromatic carbocycles. The first-order valence-corrected chi connectivity index (χ1v) is 12.3. The smallest absolute Gasteiger partial charge is 0.274 e. The molecule has 1 aliphatic rings. The van der Waals surface area contributed by atoms with Crippen molar-refractivity contribution in [2.24, 2.45) is 11.1 Å². The lowest BCUT2D eigenvalue weighted by molar-refractivity contribution is 0.0784. The molecule has 0 aliphatic carbocycles. The lowest BCUT2D eigenvalue weighted by Crippen LogP contribution is -2.32. The Bertz CT molecular complexity index is 1200. The first-order valence-electron chi connectivity index (χ1n) is 11.1. The number of rotatable bonds is 5. The zero-order valence-electron chi connectivity index (χ0n) is 19.3. The summed E-state index contributed by atoms with van der Waals surface area (Å²) in [5.41, 5.74) is 7.70. The molecule has 2 N–H and O–H groups in total. The first kappa shape index (κ1) is 24.9. The summed E-state index contributed by atoms with van der Waals surface area (Å²) in [4.78, 5) is 15.4. The molecule has 0 saturated carbocycles. The van der Waals surface area contributed by atoms with E-state index in [1.807, 2.05) is 20.8 Å². The molecule has 180 valence electrons. The molecule has 1 saturated heterocycles. The zero-order chi connectivity index (χ0) is 24.6. The van der Waals surface area contributed by atoms with E-state index < -0.39 is 6.04 Å². The summed E-state index contributed by atoms with van der Waals surface area (Å²) in [6.07, 6.45) is 1.93. The third-order valence-corrected chi connectivity index (χ3v) is 6.67. The maximum atomic E-state index is 13.6. The number of carbonyl (C=O) groups is 1. The third kappa shape index (κ3) is 5.05. The summed E-state index contributed by atoms with van der Waals surface area (Å²) < 4.78 is 7.88. The third-order valence-electron chi connectivity index (χ3n) is 5.88. The lowest BCUT2D eigenvalue weighted by atomic mass is 9.82. The molecule has 1 amide bonds. The minimum atomic E-state index is -0.545. The van der Waals surface area contributed by atoms with Gasteiger partial charge in [0.15, 0.2) is 5.69 Å². The summed E-state index contributed by atoms with van der Waals surface area (Å²) in [6.45, 7) is 7.41. The first-order chi connectivity index (χ1) is 16.1. The Morgan fingerprint density at radius 1 is 1.03 bits per heavy atom. The standard InChI is InChI=1S/C25H27Cl3N4O2/c1-25(2,3)22(29)20-21(23(33)31-12-4-5-13-31)30-32(19-11-8-16(27)14-18(19)28)24(20)34-17-9-6-15(26)7-10-17/h6-11,14,22H,4-5,12-13,29H2,1-3H3. The number of nitrogens with zero attached hydrogens (tertiary/aromatic N) is 3. The Morgan fingerprint density at radius 2 is 1.65 bits per heavy atom. The van der Waals surface area contributed by atoms with Crippen molar-refractivity contribution in [3.63, 3.8) is 0 Å². The Labute approximate surface area is 214 Å². The fourth-order valence-electron chi connectivity index (χ4n) is 3.88. The molecule has 1 atom stereocenters. The number of benzene rings is 2. The highest BCUT2D eigenvalue weighted by Crippen LogP contribution is 2.42. The molecule has 6 nitrogen and oxygen atoms in total. The zero-order valence-corrected chi connectivity index (χ0v) is 21.6. The predicted molar refractivity (Wildman–Crippen MR) is 137 cm³/mol. The minimum absolute atomic E-state index is 0.169. The Hall–Kier alpha value is -2.25. The normalized spacial score (nSPS) is 15.0. The number of halogens is 3. The van der Waals surface area contributed by atoms with Gasteiger partial charge in [-0.2, -0.15) is 9.78 Å². The number of nitrogens with two attached hydrogens (primary N) is 1. The predicted octanol–water partition coefficient (Wildman–Crippen LogP) is 6.91. The van der Waals surface area contributed by atoms with Crippen LogP contribution in [0.3, 0.4) is 0 Å². The van der Waals surface area contributed by atoms with E-state index in [0.29, 0.717) is 51.0 Å². The summed E-state index contributed by atoms with van der Waals surface area (Å²) in [5, 5.41) is 6.17. The molecule has 0 radical (unpaired) electrons. The van der Waals surface area contributed by atoms with E-state index in [-0.39, 0.29) is 17.0 Å². The van der Waals surface area contributed by atoms with Crippen LogP contribution in [0.25, 0.3) is 5.69 Å². The van der Waals surface area contributed by atoms with Crippen LogP contribution in [-0.4, -0.2) is 33.7 Å². The van der Waals surface area contributed by atoms with Gasteiger partial charge in [0, 0.05) is 29.2 Å². The topological polar surface area (TPSA) is 73.4 Å². The number of hydrogen-bond acceptors (Lipinski definition) is 4. The van der Waals surface area contributed by atoms with Crippen LogP contribution < -0.4 is 10.5 Å². The SMILES string of the molecule is CC(C)(C)C(N)c1c(C(=O)N2CCCC2)nn(-c2ccc(Cl)cc2Cl)c1Oc1ccc(Cl)cc1. The number of hydrogen-bond donors (Lipinski definition) is 1. The van der Waals surface area contributed by atoms with Crippen LogP contribution in [0.4, 0.5) is 0 Å². The van der Waals surface area contributed by atoms with E-state index in [1.54, 1.807) is 47.4 Å². The van der Waals surface area contributed by atoms with Crippen LogP contribution in [0, 0.1) is 5.41 Å². The van der Waals surface area contributed by atoms with Gasteiger partial charge in [-0.1, -0.05) is 55.6 Å². The van der Waals surface area contributed by atoms with Gasteiger partial charge in [-0.15, -0.1) is 0 Å². The molecular weight excluding hydrogens is 495 g/mol. The maximum absolute atomic E-state index is 13.6. The van der Waals surface area contributed by atoms with Crippen molar-refractivity contribution in [2.45, 2.75) is 39.7 Å². The van der Waals surface area contributed by atoms with Crippen molar-refractivity contribution in [1.82, 2.24) is 14.7 Å². The minimum Gasteiger partial charge on any atom is -0.439 e. The van der Waals surface area contributed by atoms with Crippen molar-refractivity contribution >= 4 is 40.7 Å². The van der Waals surface area contributed by atoms with Gasteiger partial charge >= 0.3 is 0 Å². The molecule has 1 fully saturated rings. The van der Waals surface area contributed by atoms with Crippen LogP contribution in [0.15, 0.2) is 42.5 Å². The molecule has 0 bridgehead atoms. The summed E-state index contributed by atoms with van der Waals surface area (Å²) in [7, 11) is 0. The van der Waals surface area contributed by atoms with Crippen molar-refractivity contribution in [3.8, 4) is 17.3 Å². The van der Waals surface area contributed by atoms with E-state index in [2.05, 4.69) is 0 Å². The molecule has 1 aromatic heterocycles. The van der Waals surface area contributed by atoms with Crippen LogP contribution in [0.2, 0.25) is 15.1 Å². The number of aromatic nitrogens is 2. The highest BCUT2D eigenvalue weighted by molar-refractivity contribution is 6.35. The van der Waals surface area contributed by atoms with Crippen LogP contribution >= 0.6 is 34.8 Å². The van der Waals surface area contributed by atoms with Gasteiger partial charge in [0.05, 0.1) is 16.3 Å². The fourth-order valence-corrected chi connectivity index (χ4v) is 4.50. The second kappa shape index (κ2) is 9.78. The van der Waals surface area contributed by atoms with Gasteiger partial charge in [0.25, 0.3) is 5.91 Å². The molecule has 4 rings (SSSR count). The average Bonchev–Trinajstić information content (AvgIpc) is 3.42. The Kier molecular flexibility index (Phi) is 7.15. The van der Waals surface area contributed by atoms with Crippen molar-refractivity contribution in [2.75, 3.05) is 13.1 Å². The van der Waals surface area contributed by atoms with E-state index in [9.17, 15) is 4.79 Å². The van der Waals surface area contributed by atoms with Crippen molar-refractivity contribution < 1.29 is 9.53 Å².